The number of hydrogen-bond donors (Lipinski definition) is 1. The van der Waals surface area contributed by atoms with Crippen LogP contribution >= 0.6 is 11.3 Å². The van der Waals surface area contributed by atoms with Crippen molar-refractivity contribution in [3.05, 3.63) is 44.9 Å². The Balaban J connectivity index is 2.15. The van der Waals surface area contributed by atoms with E-state index in [9.17, 15) is 0 Å². The molecule has 3 nitrogen and oxygen atoms in total. The van der Waals surface area contributed by atoms with Gasteiger partial charge in [0, 0.05) is 11.4 Å². The van der Waals surface area contributed by atoms with Crippen molar-refractivity contribution in [3.63, 3.8) is 0 Å². The molecular formula is C16H22N2OS. The number of rotatable bonds is 5. The van der Waals surface area contributed by atoms with Gasteiger partial charge in [0.2, 0.25) is 0 Å². The van der Waals surface area contributed by atoms with E-state index < -0.39 is 0 Å². The number of aryl methyl sites for hydroxylation is 2. The minimum Gasteiger partial charge on any atom is -0.486 e. The Hall–Kier alpha value is -1.39. The standard InChI is InChI=1S/C16H22N2OS/c1-10(2)15-13(8-17)20-14(18-15)9-19-16-11(3)6-5-7-12(16)4/h5-7,10H,8-9,17H2,1-4H3. The molecule has 1 aromatic carbocycles. The molecule has 1 heterocycles. The molecule has 108 valence electrons. The van der Waals surface area contributed by atoms with Gasteiger partial charge in [0.05, 0.1) is 5.69 Å². The predicted octanol–water partition coefficient (Wildman–Crippen LogP) is 3.92. The fourth-order valence-electron chi connectivity index (χ4n) is 2.23. The van der Waals surface area contributed by atoms with Crippen molar-refractivity contribution in [2.45, 2.75) is 46.8 Å². The molecule has 0 radical (unpaired) electrons. The molecule has 0 saturated heterocycles. The third-order valence-corrected chi connectivity index (χ3v) is 4.32. The maximum atomic E-state index is 5.95. The van der Waals surface area contributed by atoms with Crippen LogP contribution in [0.3, 0.4) is 0 Å². The van der Waals surface area contributed by atoms with E-state index >= 15 is 0 Å². The van der Waals surface area contributed by atoms with Crippen LogP contribution in [0.4, 0.5) is 0 Å². The lowest BCUT2D eigenvalue weighted by molar-refractivity contribution is 0.301. The van der Waals surface area contributed by atoms with E-state index in [-0.39, 0.29) is 0 Å². The number of hydrogen-bond acceptors (Lipinski definition) is 4. The third-order valence-electron chi connectivity index (χ3n) is 3.25. The largest absolute Gasteiger partial charge is 0.486 e. The molecule has 0 aliphatic rings. The van der Waals surface area contributed by atoms with Crippen molar-refractivity contribution in [1.29, 1.82) is 0 Å². The first-order chi connectivity index (χ1) is 9.52. The first kappa shape index (κ1) is 15.0. The average Bonchev–Trinajstić information content (AvgIpc) is 2.81. The van der Waals surface area contributed by atoms with E-state index in [1.807, 2.05) is 6.07 Å². The summed E-state index contributed by atoms with van der Waals surface area (Å²) in [5.41, 5.74) is 9.21. The smallest absolute Gasteiger partial charge is 0.140 e. The molecule has 2 rings (SSSR count). The zero-order valence-corrected chi connectivity index (χ0v) is 13.4. The maximum Gasteiger partial charge on any atom is 0.140 e. The highest BCUT2D eigenvalue weighted by Crippen LogP contribution is 2.27. The van der Waals surface area contributed by atoms with E-state index in [0.717, 1.165) is 27.6 Å². The molecule has 0 atom stereocenters. The van der Waals surface area contributed by atoms with Crippen LogP contribution < -0.4 is 10.5 Å². The summed E-state index contributed by atoms with van der Waals surface area (Å²) in [7, 11) is 0. The Kier molecular flexibility index (Phi) is 4.78. The van der Waals surface area contributed by atoms with Gasteiger partial charge in [-0.2, -0.15) is 0 Å². The summed E-state index contributed by atoms with van der Waals surface area (Å²) in [4.78, 5) is 5.84. The van der Waals surface area contributed by atoms with Crippen LogP contribution in [0.1, 0.15) is 46.5 Å². The summed E-state index contributed by atoms with van der Waals surface area (Å²) in [6, 6.07) is 6.17. The van der Waals surface area contributed by atoms with Gasteiger partial charge in [0.25, 0.3) is 0 Å². The predicted molar refractivity (Wildman–Crippen MR) is 84.3 cm³/mol. The molecular weight excluding hydrogens is 268 g/mol. The molecule has 0 spiro atoms. The molecule has 0 saturated carbocycles. The van der Waals surface area contributed by atoms with Gasteiger partial charge in [-0.05, 0) is 30.9 Å². The van der Waals surface area contributed by atoms with Gasteiger partial charge >= 0.3 is 0 Å². The van der Waals surface area contributed by atoms with E-state index in [2.05, 4.69) is 44.8 Å². The van der Waals surface area contributed by atoms with Crippen LogP contribution in [-0.4, -0.2) is 4.98 Å². The molecule has 4 heteroatoms. The van der Waals surface area contributed by atoms with Crippen LogP contribution in [0.2, 0.25) is 0 Å². The van der Waals surface area contributed by atoms with Crippen LogP contribution in [0.5, 0.6) is 5.75 Å². The van der Waals surface area contributed by atoms with Gasteiger partial charge in [0.1, 0.15) is 17.4 Å². The van der Waals surface area contributed by atoms with Gasteiger partial charge in [-0.15, -0.1) is 11.3 Å². The SMILES string of the molecule is Cc1cccc(C)c1OCc1nc(C(C)C)c(CN)s1. The molecule has 0 aliphatic carbocycles. The fraction of sp³-hybridized carbons (Fsp3) is 0.438. The van der Waals surface area contributed by atoms with Gasteiger partial charge in [-0.25, -0.2) is 4.98 Å². The summed E-state index contributed by atoms with van der Waals surface area (Å²) in [5.74, 6) is 1.36. The summed E-state index contributed by atoms with van der Waals surface area (Å²) in [6.07, 6.45) is 0. The normalized spacial score (nSPS) is 11.1. The summed E-state index contributed by atoms with van der Waals surface area (Å²) in [5, 5.41) is 0.997. The lowest BCUT2D eigenvalue weighted by atomic mass is 10.1. The molecule has 1 aromatic heterocycles. The van der Waals surface area contributed by atoms with Crippen molar-refractivity contribution in [2.75, 3.05) is 0 Å². The highest BCUT2D eigenvalue weighted by Gasteiger charge is 2.14. The Morgan fingerprint density at radius 2 is 1.90 bits per heavy atom. The lowest BCUT2D eigenvalue weighted by Crippen LogP contribution is -2.00. The van der Waals surface area contributed by atoms with Crippen molar-refractivity contribution in [3.8, 4) is 5.75 Å². The number of benzene rings is 1. The molecule has 20 heavy (non-hydrogen) atoms. The van der Waals surface area contributed by atoms with Crippen LogP contribution in [0, 0.1) is 13.8 Å². The van der Waals surface area contributed by atoms with Crippen LogP contribution in [0.15, 0.2) is 18.2 Å². The summed E-state index contributed by atoms with van der Waals surface area (Å²) in [6.45, 7) is 9.48. The minimum atomic E-state index is 0.402. The first-order valence-corrected chi connectivity index (χ1v) is 7.72. The van der Waals surface area contributed by atoms with Crippen molar-refractivity contribution in [2.24, 2.45) is 5.73 Å². The van der Waals surface area contributed by atoms with E-state index in [1.165, 1.54) is 4.88 Å². The summed E-state index contributed by atoms with van der Waals surface area (Å²) >= 11 is 1.66. The molecule has 0 amide bonds. The van der Waals surface area contributed by atoms with E-state index in [4.69, 9.17) is 10.5 Å². The number of aromatic nitrogens is 1. The Bertz CT molecular complexity index is 570. The van der Waals surface area contributed by atoms with Crippen molar-refractivity contribution < 1.29 is 4.74 Å². The quantitative estimate of drug-likeness (QED) is 0.908. The molecule has 2 N–H and O–H groups in total. The molecule has 0 unspecified atom stereocenters. The molecule has 0 bridgehead atoms. The second kappa shape index (κ2) is 6.37. The lowest BCUT2D eigenvalue weighted by Gasteiger charge is -2.10. The van der Waals surface area contributed by atoms with Gasteiger partial charge in [0.15, 0.2) is 0 Å². The topological polar surface area (TPSA) is 48.1 Å². The minimum absolute atomic E-state index is 0.402. The number of nitrogens with two attached hydrogens (primary N) is 1. The number of nitrogens with zero attached hydrogens (tertiary/aromatic N) is 1. The molecule has 2 aromatic rings. The van der Waals surface area contributed by atoms with E-state index in [1.54, 1.807) is 11.3 Å². The number of thiazole rings is 1. The zero-order chi connectivity index (χ0) is 14.7. The van der Waals surface area contributed by atoms with Crippen LogP contribution in [-0.2, 0) is 13.2 Å². The Morgan fingerprint density at radius 1 is 1.25 bits per heavy atom. The summed E-state index contributed by atoms with van der Waals surface area (Å²) < 4.78 is 5.95. The molecule has 0 aliphatic heterocycles. The molecule has 0 fully saturated rings. The second-order valence-corrected chi connectivity index (χ2v) is 6.45. The van der Waals surface area contributed by atoms with E-state index in [0.29, 0.717) is 19.1 Å². The average molecular weight is 290 g/mol. The number of para-hydroxylation sites is 1. The van der Waals surface area contributed by atoms with Crippen molar-refractivity contribution >= 4 is 11.3 Å². The van der Waals surface area contributed by atoms with Gasteiger partial charge in [-0.3, -0.25) is 0 Å². The number of ether oxygens (including phenoxy) is 1. The highest BCUT2D eigenvalue weighted by atomic mass is 32.1. The van der Waals surface area contributed by atoms with Gasteiger partial charge in [-0.1, -0.05) is 32.0 Å². The van der Waals surface area contributed by atoms with Crippen LogP contribution in [0.25, 0.3) is 0 Å². The van der Waals surface area contributed by atoms with Gasteiger partial charge < -0.3 is 10.5 Å². The fourth-order valence-corrected chi connectivity index (χ4v) is 3.25. The third kappa shape index (κ3) is 3.19. The highest BCUT2D eigenvalue weighted by molar-refractivity contribution is 7.11. The first-order valence-electron chi connectivity index (χ1n) is 6.90. The maximum absolute atomic E-state index is 5.95. The zero-order valence-electron chi connectivity index (χ0n) is 12.6. The second-order valence-electron chi connectivity index (χ2n) is 5.28. The monoisotopic (exact) mass is 290 g/mol. The Labute approximate surface area is 124 Å². The Morgan fingerprint density at radius 3 is 2.40 bits per heavy atom. The van der Waals surface area contributed by atoms with Crippen molar-refractivity contribution in [1.82, 2.24) is 4.98 Å².